The molecule has 0 nitrogen and oxygen atoms in total. The largest absolute Gasteiger partial charge is 0.165 e. The minimum absolute atomic E-state index is 1.02. The van der Waals surface area contributed by atoms with Crippen LogP contribution in [0.1, 0.15) is 19.3 Å². The minimum Gasteiger partial charge on any atom is -0.165 e. The summed E-state index contributed by atoms with van der Waals surface area (Å²) in [6, 6.07) is 0. The van der Waals surface area contributed by atoms with Crippen LogP contribution in [0.25, 0.3) is 0 Å². The van der Waals surface area contributed by atoms with Crippen LogP contribution in [0, 0.1) is 6.92 Å². The van der Waals surface area contributed by atoms with Gasteiger partial charge in [-0.3, -0.25) is 0 Å². The van der Waals surface area contributed by atoms with Crippen molar-refractivity contribution in [2.75, 3.05) is 12.0 Å². The van der Waals surface area contributed by atoms with Gasteiger partial charge in [0.2, 0.25) is 0 Å². The predicted molar refractivity (Wildman–Crippen MR) is 46.7 cm³/mol. The Labute approximate surface area is 62.7 Å². The maximum absolute atomic E-state index is 3.75. The fourth-order valence-electron chi connectivity index (χ4n) is 0.539. The number of thioether (sulfide) groups is 1. The van der Waals surface area contributed by atoms with Crippen LogP contribution in [0.5, 0.6) is 0 Å². The highest BCUT2D eigenvalue weighted by Gasteiger charge is 1.76. The third-order valence-electron chi connectivity index (χ3n) is 1.03. The first-order chi connectivity index (χ1) is 4.41. The van der Waals surface area contributed by atoms with Crippen molar-refractivity contribution in [2.45, 2.75) is 19.3 Å². The molecule has 0 atom stereocenters. The Morgan fingerprint density at radius 1 is 1.33 bits per heavy atom. The molecule has 0 aromatic rings. The lowest BCUT2D eigenvalue weighted by Gasteiger charge is -1.87. The van der Waals surface area contributed by atoms with Crippen LogP contribution in [0.3, 0.4) is 0 Å². The number of unbranched alkanes of at least 4 members (excludes halogenated alkanes) is 1. The van der Waals surface area contributed by atoms with Crippen molar-refractivity contribution in [1.82, 2.24) is 0 Å². The highest BCUT2D eigenvalue weighted by molar-refractivity contribution is 7.98. The summed E-state index contributed by atoms with van der Waals surface area (Å²) in [5, 5.41) is 0. The van der Waals surface area contributed by atoms with E-state index in [4.69, 9.17) is 0 Å². The molecule has 1 radical (unpaired) electrons. The van der Waals surface area contributed by atoms with E-state index in [-0.39, 0.29) is 0 Å². The van der Waals surface area contributed by atoms with Crippen LogP contribution in [0.4, 0.5) is 0 Å². The van der Waals surface area contributed by atoms with Crippen LogP contribution in [0.15, 0.2) is 12.2 Å². The smallest absolute Gasteiger partial charge is 0.00357 e. The van der Waals surface area contributed by atoms with Gasteiger partial charge in [0.15, 0.2) is 0 Å². The summed E-state index contributed by atoms with van der Waals surface area (Å²) in [5.41, 5.74) is 0. The summed E-state index contributed by atoms with van der Waals surface area (Å²) in [6.07, 6.45) is 9.95. The van der Waals surface area contributed by atoms with Gasteiger partial charge in [-0.1, -0.05) is 19.1 Å². The van der Waals surface area contributed by atoms with Gasteiger partial charge in [-0.2, -0.15) is 11.8 Å². The molecule has 0 saturated carbocycles. The molecule has 9 heavy (non-hydrogen) atoms. The van der Waals surface area contributed by atoms with E-state index in [1.807, 2.05) is 11.8 Å². The van der Waals surface area contributed by atoms with Crippen LogP contribution in [-0.4, -0.2) is 12.0 Å². The normalized spacial score (nSPS) is 10.9. The van der Waals surface area contributed by atoms with Crippen molar-refractivity contribution in [3.05, 3.63) is 19.1 Å². The Balaban J connectivity index is 2.86. The average molecular weight is 143 g/mol. The summed E-state index contributed by atoms with van der Waals surface area (Å²) in [6.45, 7) is 3.75. The van der Waals surface area contributed by atoms with Crippen molar-refractivity contribution in [1.29, 1.82) is 0 Å². The molecule has 1 heteroatoms. The summed E-state index contributed by atoms with van der Waals surface area (Å²) in [5.74, 6) is 1.24. The van der Waals surface area contributed by atoms with Gasteiger partial charge in [0, 0.05) is 0 Å². The molecule has 0 amide bonds. The number of allylic oxidation sites excluding steroid dienone is 2. The zero-order valence-corrected chi connectivity index (χ0v) is 6.91. The molecule has 0 saturated heterocycles. The lowest BCUT2D eigenvalue weighted by atomic mass is 10.3. The van der Waals surface area contributed by atoms with E-state index in [0.717, 1.165) is 12.8 Å². The standard InChI is InChI=1S/C8H15S/c1-3-4-5-6-7-8-9-2/h5-6H,1,3-4,7-8H2,2H3. The molecule has 0 aromatic carbocycles. The Kier molecular flexibility index (Phi) is 8.17. The molecule has 0 aliphatic rings. The second-order valence-electron chi connectivity index (χ2n) is 1.90. The summed E-state index contributed by atoms with van der Waals surface area (Å²) < 4.78 is 0. The van der Waals surface area contributed by atoms with E-state index < -0.39 is 0 Å². The molecule has 0 fully saturated rings. The minimum atomic E-state index is 1.02. The van der Waals surface area contributed by atoms with Gasteiger partial charge in [0.25, 0.3) is 0 Å². The SMILES string of the molecule is [CH2]CCC=CCCSC. The van der Waals surface area contributed by atoms with Crippen molar-refractivity contribution < 1.29 is 0 Å². The second-order valence-corrected chi connectivity index (χ2v) is 2.88. The Morgan fingerprint density at radius 3 is 2.56 bits per heavy atom. The third kappa shape index (κ3) is 8.09. The van der Waals surface area contributed by atoms with E-state index in [1.54, 1.807) is 0 Å². The van der Waals surface area contributed by atoms with Crippen molar-refractivity contribution >= 4 is 11.8 Å². The third-order valence-corrected chi connectivity index (χ3v) is 1.67. The highest BCUT2D eigenvalue weighted by atomic mass is 32.2. The summed E-state index contributed by atoms with van der Waals surface area (Å²) in [7, 11) is 0. The monoisotopic (exact) mass is 143 g/mol. The molecule has 0 N–H and O–H groups in total. The first kappa shape index (κ1) is 9.09. The van der Waals surface area contributed by atoms with Gasteiger partial charge in [-0.05, 0) is 31.3 Å². The fraction of sp³-hybridized carbons (Fsp3) is 0.625. The van der Waals surface area contributed by atoms with Crippen molar-refractivity contribution in [3.63, 3.8) is 0 Å². The summed E-state index contributed by atoms with van der Waals surface area (Å²) in [4.78, 5) is 0. The van der Waals surface area contributed by atoms with E-state index in [1.165, 1.54) is 12.2 Å². The first-order valence-corrected chi connectivity index (χ1v) is 4.74. The number of hydrogen-bond donors (Lipinski definition) is 0. The lowest BCUT2D eigenvalue weighted by molar-refractivity contribution is 1.04. The van der Waals surface area contributed by atoms with E-state index in [0.29, 0.717) is 0 Å². The van der Waals surface area contributed by atoms with Crippen LogP contribution in [-0.2, 0) is 0 Å². The molecule has 0 unspecified atom stereocenters. The van der Waals surface area contributed by atoms with E-state index in [2.05, 4.69) is 25.3 Å². The molecular formula is C8H15S. The number of hydrogen-bond acceptors (Lipinski definition) is 1. The molecule has 0 spiro atoms. The predicted octanol–water partition coefficient (Wildman–Crippen LogP) is 2.91. The maximum Gasteiger partial charge on any atom is -0.00357 e. The number of rotatable bonds is 5. The van der Waals surface area contributed by atoms with Crippen molar-refractivity contribution in [3.8, 4) is 0 Å². The molecular weight excluding hydrogens is 128 g/mol. The van der Waals surface area contributed by atoms with Crippen LogP contribution in [0.2, 0.25) is 0 Å². The van der Waals surface area contributed by atoms with E-state index >= 15 is 0 Å². The topological polar surface area (TPSA) is 0 Å². The average Bonchev–Trinajstić information content (AvgIpc) is 1.89. The van der Waals surface area contributed by atoms with Crippen LogP contribution < -0.4 is 0 Å². The fourth-order valence-corrected chi connectivity index (χ4v) is 0.911. The zero-order chi connectivity index (χ0) is 6.95. The quantitative estimate of drug-likeness (QED) is 0.421. The molecule has 0 aliphatic heterocycles. The second kappa shape index (κ2) is 8.09. The molecule has 0 rings (SSSR count). The Morgan fingerprint density at radius 2 is 2.00 bits per heavy atom. The molecule has 0 heterocycles. The summed E-state index contributed by atoms with van der Waals surface area (Å²) >= 11 is 1.89. The Hall–Kier alpha value is 0.0900. The molecule has 0 aromatic heterocycles. The van der Waals surface area contributed by atoms with Crippen molar-refractivity contribution in [2.24, 2.45) is 0 Å². The molecule has 53 valence electrons. The zero-order valence-electron chi connectivity index (χ0n) is 6.10. The molecule has 0 aliphatic carbocycles. The van der Waals surface area contributed by atoms with Gasteiger partial charge in [0.1, 0.15) is 0 Å². The Bertz CT molecular complexity index is 67.0. The maximum atomic E-state index is 3.75. The first-order valence-electron chi connectivity index (χ1n) is 3.35. The van der Waals surface area contributed by atoms with Gasteiger partial charge in [-0.15, -0.1) is 0 Å². The van der Waals surface area contributed by atoms with Gasteiger partial charge >= 0.3 is 0 Å². The van der Waals surface area contributed by atoms with Gasteiger partial charge in [-0.25, -0.2) is 0 Å². The lowest BCUT2D eigenvalue weighted by Crippen LogP contribution is -1.71. The van der Waals surface area contributed by atoms with Gasteiger partial charge < -0.3 is 0 Å². The molecule has 0 bridgehead atoms. The van der Waals surface area contributed by atoms with Crippen LogP contribution >= 0.6 is 11.8 Å². The highest BCUT2D eigenvalue weighted by Crippen LogP contribution is 1.97. The van der Waals surface area contributed by atoms with E-state index in [9.17, 15) is 0 Å². The van der Waals surface area contributed by atoms with Gasteiger partial charge in [0.05, 0.1) is 0 Å².